The molecule has 1 N–H and O–H groups in total. The first kappa shape index (κ1) is 11.0. The van der Waals surface area contributed by atoms with E-state index in [9.17, 15) is 5.11 Å². The highest BCUT2D eigenvalue weighted by Gasteiger charge is 2.21. The zero-order valence-electron chi connectivity index (χ0n) is 9.67. The van der Waals surface area contributed by atoms with Gasteiger partial charge in [-0.2, -0.15) is 0 Å². The van der Waals surface area contributed by atoms with Gasteiger partial charge in [0, 0.05) is 19.7 Å². The SMILES string of the molecule is OC[C@@H]1CCCN(c2nc3ccccc3s2)C1. The second-order valence-electron chi connectivity index (χ2n) is 4.60. The van der Waals surface area contributed by atoms with Crippen LogP contribution in [0.1, 0.15) is 12.8 Å². The molecule has 2 aromatic rings. The third-order valence-electron chi connectivity index (χ3n) is 3.33. The minimum absolute atomic E-state index is 0.293. The first-order valence-electron chi connectivity index (χ1n) is 6.08. The summed E-state index contributed by atoms with van der Waals surface area (Å²) < 4.78 is 1.24. The molecule has 0 radical (unpaired) electrons. The van der Waals surface area contributed by atoms with E-state index >= 15 is 0 Å². The molecule has 0 bridgehead atoms. The summed E-state index contributed by atoms with van der Waals surface area (Å²) in [6, 6.07) is 8.25. The van der Waals surface area contributed by atoms with Crippen LogP contribution >= 0.6 is 11.3 Å². The standard InChI is InChI=1S/C13H16N2OS/c16-9-10-4-3-7-15(8-10)13-14-11-5-1-2-6-12(11)17-13/h1-2,5-6,10,16H,3-4,7-9H2/t10-/m1/s1. The van der Waals surface area contributed by atoms with Crippen molar-refractivity contribution < 1.29 is 5.11 Å². The van der Waals surface area contributed by atoms with Gasteiger partial charge in [0.25, 0.3) is 0 Å². The van der Waals surface area contributed by atoms with Crippen molar-refractivity contribution in [3.05, 3.63) is 24.3 Å². The summed E-state index contributed by atoms with van der Waals surface area (Å²) in [6.07, 6.45) is 2.29. The number of thiazole rings is 1. The van der Waals surface area contributed by atoms with Gasteiger partial charge in [0.15, 0.2) is 5.13 Å². The fourth-order valence-corrected chi connectivity index (χ4v) is 3.38. The zero-order valence-corrected chi connectivity index (χ0v) is 10.5. The Hall–Kier alpha value is -1.13. The quantitative estimate of drug-likeness (QED) is 0.887. The Morgan fingerprint density at radius 2 is 2.29 bits per heavy atom. The van der Waals surface area contributed by atoms with Gasteiger partial charge < -0.3 is 10.0 Å². The minimum Gasteiger partial charge on any atom is -0.396 e. The van der Waals surface area contributed by atoms with E-state index in [1.807, 2.05) is 6.07 Å². The molecule has 3 rings (SSSR count). The Labute approximate surface area is 105 Å². The third kappa shape index (κ3) is 2.15. The molecule has 0 spiro atoms. The van der Waals surface area contributed by atoms with E-state index in [0.717, 1.165) is 36.6 Å². The van der Waals surface area contributed by atoms with Gasteiger partial charge in [0.2, 0.25) is 0 Å². The smallest absolute Gasteiger partial charge is 0.186 e. The monoisotopic (exact) mass is 248 g/mol. The maximum Gasteiger partial charge on any atom is 0.186 e. The molecule has 1 aliphatic heterocycles. The first-order chi connectivity index (χ1) is 8.36. The fourth-order valence-electron chi connectivity index (χ4n) is 2.38. The van der Waals surface area contributed by atoms with Crippen molar-refractivity contribution in [3.8, 4) is 0 Å². The number of benzene rings is 1. The van der Waals surface area contributed by atoms with Crippen LogP contribution in [0.4, 0.5) is 5.13 Å². The van der Waals surface area contributed by atoms with Crippen LogP contribution in [0.2, 0.25) is 0 Å². The summed E-state index contributed by atoms with van der Waals surface area (Å²) in [6.45, 7) is 2.30. The summed E-state index contributed by atoms with van der Waals surface area (Å²) in [7, 11) is 0. The Morgan fingerprint density at radius 3 is 3.12 bits per heavy atom. The molecule has 90 valence electrons. The molecule has 0 amide bonds. The number of fused-ring (bicyclic) bond motifs is 1. The van der Waals surface area contributed by atoms with Crippen LogP contribution < -0.4 is 4.90 Å². The number of nitrogens with zero attached hydrogens (tertiary/aromatic N) is 2. The molecule has 0 saturated carbocycles. The number of para-hydroxylation sites is 1. The van der Waals surface area contributed by atoms with Gasteiger partial charge in [-0.15, -0.1) is 0 Å². The van der Waals surface area contributed by atoms with E-state index in [4.69, 9.17) is 0 Å². The van der Waals surface area contributed by atoms with Crippen LogP contribution in [0.3, 0.4) is 0 Å². The Bertz CT molecular complexity index is 478. The average molecular weight is 248 g/mol. The van der Waals surface area contributed by atoms with Crippen molar-refractivity contribution in [2.24, 2.45) is 5.92 Å². The number of hydrogen-bond acceptors (Lipinski definition) is 4. The highest BCUT2D eigenvalue weighted by Crippen LogP contribution is 2.31. The molecule has 1 saturated heterocycles. The predicted molar refractivity (Wildman–Crippen MR) is 71.6 cm³/mol. The van der Waals surface area contributed by atoms with E-state index in [2.05, 4.69) is 28.1 Å². The van der Waals surface area contributed by atoms with E-state index in [-0.39, 0.29) is 0 Å². The molecule has 17 heavy (non-hydrogen) atoms. The molecule has 4 heteroatoms. The predicted octanol–water partition coefficient (Wildman–Crippen LogP) is 2.51. The maximum atomic E-state index is 9.25. The second-order valence-corrected chi connectivity index (χ2v) is 5.61. The first-order valence-corrected chi connectivity index (χ1v) is 6.90. The summed E-state index contributed by atoms with van der Waals surface area (Å²) >= 11 is 1.75. The normalized spacial score (nSPS) is 21.0. The lowest BCUT2D eigenvalue weighted by Crippen LogP contribution is -2.36. The Morgan fingerprint density at radius 1 is 1.41 bits per heavy atom. The topological polar surface area (TPSA) is 36.4 Å². The van der Waals surface area contributed by atoms with Crippen molar-refractivity contribution in [1.29, 1.82) is 0 Å². The lowest BCUT2D eigenvalue weighted by atomic mass is 10.00. The molecule has 1 atom stereocenters. The van der Waals surface area contributed by atoms with Crippen LogP contribution in [0.5, 0.6) is 0 Å². The number of aromatic nitrogens is 1. The molecule has 0 aliphatic carbocycles. The molecule has 1 aromatic carbocycles. The van der Waals surface area contributed by atoms with Gasteiger partial charge in [0.05, 0.1) is 10.2 Å². The average Bonchev–Trinajstić information content (AvgIpc) is 2.82. The highest BCUT2D eigenvalue weighted by molar-refractivity contribution is 7.22. The van der Waals surface area contributed by atoms with E-state index in [0.29, 0.717) is 12.5 Å². The van der Waals surface area contributed by atoms with Gasteiger partial charge in [-0.25, -0.2) is 4.98 Å². The number of rotatable bonds is 2. The number of piperidine rings is 1. The lowest BCUT2D eigenvalue weighted by molar-refractivity contribution is 0.208. The van der Waals surface area contributed by atoms with Crippen LogP contribution in [0, 0.1) is 5.92 Å². The van der Waals surface area contributed by atoms with E-state index < -0.39 is 0 Å². The van der Waals surface area contributed by atoms with Crippen molar-refractivity contribution in [2.75, 3.05) is 24.6 Å². The Kier molecular flexibility index (Phi) is 2.99. The van der Waals surface area contributed by atoms with Crippen LogP contribution in [-0.2, 0) is 0 Å². The van der Waals surface area contributed by atoms with Gasteiger partial charge in [-0.05, 0) is 30.9 Å². The summed E-state index contributed by atoms with van der Waals surface area (Å²) in [5.41, 5.74) is 1.08. The number of hydrogen-bond donors (Lipinski definition) is 1. The summed E-state index contributed by atoms with van der Waals surface area (Å²) in [5, 5.41) is 10.4. The van der Waals surface area contributed by atoms with Crippen molar-refractivity contribution in [2.45, 2.75) is 12.8 Å². The van der Waals surface area contributed by atoms with Gasteiger partial charge in [0.1, 0.15) is 0 Å². The molecule has 1 aromatic heterocycles. The minimum atomic E-state index is 0.293. The largest absolute Gasteiger partial charge is 0.396 e. The highest BCUT2D eigenvalue weighted by atomic mass is 32.1. The molecule has 1 aliphatic rings. The summed E-state index contributed by atoms with van der Waals surface area (Å²) in [5.74, 6) is 0.413. The van der Waals surface area contributed by atoms with Gasteiger partial charge >= 0.3 is 0 Å². The summed E-state index contributed by atoms with van der Waals surface area (Å²) in [4.78, 5) is 6.98. The van der Waals surface area contributed by atoms with Crippen molar-refractivity contribution in [1.82, 2.24) is 4.98 Å². The number of aliphatic hydroxyl groups excluding tert-OH is 1. The zero-order chi connectivity index (χ0) is 11.7. The lowest BCUT2D eigenvalue weighted by Gasteiger charge is -2.31. The van der Waals surface area contributed by atoms with Gasteiger partial charge in [-0.3, -0.25) is 0 Å². The molecule has 0 unspecified atom stereocenters. The molecule has 2 heterocycles. The molecule has 1 fully saturated rings. The maximum absolute atomic E-state index is 9.25. The van der Waals surface area contributed by atoms with Crippen LogP contribution in [0.15, 0.2) is 24.3 Å². The van der Waals surface area contributed by atoms with Crippen molar-refractivity contribution in [3.63, 3.8) is 0 Å². The molecular weight excluding hydrogens is 232 g/mol. The molecule has 3 nitrogen and oxygen atoms in total. The van der Waals surface area contributed by atoms with Crippen LogP contribution in [0.25, 0.3) is 10.2 Å². The van der Waals surface area contributed by atoms with E-state index in [1.165, 1.54) is 4.70 Å². The Balaban J connectivity index is 1.87. The molecular formula is C13H16N2OS. The van der Waals surface area contributed by atoms with Crippen LogP contribution in [-0.4, -0.2) is 29.8 Å². The number of anilines is 1. The third-order valence-corrected chi connectivity index (χ3v) is 4.43. The van der Waals surface area contributed by atoms with Gasteiger partial charge in [-0.1, -0.05) is 23.5 Å². The van der Waals surface area contributed by atoms with Crippen molar-refractivity contribution >= 4 is 26.7 Å². The van der Waals surface area contributed by atoms with E-state index in [1.54, 1.807) is 11.3 Å². The second kappa shape index (κ2) is 4.63. The number of aliphatic hydroxyl groups is 1. The fraction of sp³-hybridized carbons (Fsp3) is 0.462.